The molecule has 0 saturated heterocycles. The first-order valence-corrected chi connectivity index (χ1v) is 8.47. The van der Waals surface area contributed by atoms with Crippen molar-refractivity contribution >= 4 is 48.9 Å². The predicted octanol–water partition coefficient (Wildman–Crippen LogP) is -2.84. The van der Waals surface area contributed by atoms with Crippen LogP contribution in [-0.4, -0.2) is 73.5 Å². The van der Waals surface area contributed by atoms with Crippen LogP contribution in [0, 0.1) is 11.8 Å². The van der Waals surface area contributed by atoms with Crippen LogP contribution >= 0.6 is 25.3 Å². The lowest BCUT2D eigenvalue weighted by Crippen LogP contribution is -2.47. The van der Waals surface area contributed by atoms with E-state index in [9.17, 15) is 24.3 Å². The van der Waals surface area contributed by atoms with Crippen molar-refractivity contribution in [3.05, 3.63) is 0 Å². The van der Waals surface area contributed by atoms with Gasteiger partial charge in [0.1, 0.15) is 11.8 Å². The maximum Gasteiger partial charge on any atom is 0.233 e. The summed E-state index contributed by atoms with van der Waals surface area (Å²) < 4.78 is 0. The molecule has 11 heteroatoms. The van der Waals surface area contributed by atoms with Crippen molar-refractivity contribution in [1.82, 2.24) is 21.3 Å². The van der Waals surface area contributed by atoms with Crippen LogP contribution in [0.3, 0.4) is 0 Å². The number of hydrogen-bond donors (Lipinski definition) is 7. The van der Waals surface area contributed by atoms with Gasteiger partial charge in [-0.25, -0.2) is 0 Å². The molecule has 0 spiro atoms. The van der Waals surface area contributed by atoms with E-state index in [1.165, 1.54) is 14.1 Å². The van der Waals surface area contributed by atoms with E-state index in [1.54, 1.807) is 0 Å². The second-order valence-corrected chi connectivity index (χ2v) is 5.57. The summed E-state index contributed by atoms with van der Waals surface area (Å²) in [4.78, 5) is 46.6. The van der Waals surface area contributed by atoms with Gasteiger partial charge in [-0.05, 0) is 0 Å². The quantitative estimate of drug-likeness (QED) is 0.162. The fraction of sp³-hybridized carbons (Fsp3) is 0.692. The van der Waals surface area contributed by atoms with Crippen LogP contribution in [0.5, 0.6) is 0 Å². The number of nitrogens with one attached hydrogen (secondary N) is 4. The SMILES string of the molecule is CNC(=O)C(CS)C(=O)NCC(O)CNC(=O)C(CS)C(=O)NC. The van der Waals surface area contributed by atoms with Gasteiger partial charge < -0.3 is 26.4 Å². The number of hydrogen-bond acceptors (Lipinski definition) is 7. The van der Waals surface area contributed by atoms with Gasteiger partial charge in [-0.2, -0.15) is 25.3 Å². The van der Waals surface area contributed by atoms with E-state index in [0.29, 0.717) is 0 Å². The maximum absolute atomic E-state index is 11.8. The largest absolute Gasteiger partial charge is 0.389 e. The summed E-state index contributed by atoms with van der Waals surface area (Å²) in [5.74, 6) is -4.01. The predicted molar refractivity (Wildman–Crippen MR) is 94.8 cm³/mol. The first-order valence-electron chi connectivity index (χ1n) is 7.20. The van der Waals surface area contributed by atoms with Crippen LogP contribution in [0.4, 0.5) is 0 Å². The molecule has 0 fully saturated rings. The summed E-state index contributed by atoms with van der Waals surface area (Å²) in [5.41, 5.74) is 0. The van der Waals surface area contributed by atoms with E-state index in [4.69, 9.17) is 0 Å². The summed E-state index contributed by atoms with van der Waals surface area (Å²) in [7, 11) is 2.81. The summed E-state index contributed by atoms with van der Waals surface area (Å²) in [6.45, 7) is -0.322. The number of thiol groups is 2. The first kappa shape index (κ1) is 22.5. The average molecular weight is 380 g/mol. The Bertz CT molecular complexity index is 424. The van der Waals surface area contributed by atoms with Crippen molar-refractivity contribution in [2.75, 3.05) is 38.7 Å². The minimum atomic E-state index is -1.08. The number of carbonyl (C=O) groups is 4. The Labute approximate surface area is 151 Å². The smallest absolute Gasteiger partial charge is 0.233 e. The molecule has 0 aliphatic heterocycles. The highest BCUT2D eigenvalue weighted by Gasteiger charge is 2.26. The van der Waals surface area contributed by atoms with Crippen molar-refractivity contribution in [1.29, 1.82) is 0 Å². The van der Waals surface area contributed by atoms with E-state index in [-0.39, 0.29) is 24.6 Å². The second-order valence-electron chi connectivity index (χ2n) is 4.84. The van der Waals surface area contributed by atoms with Gasteiger partial charge in [-0.15, -0.1) is 0 Å². The van der Waals surface area contributed by atoms with Gasteiger partial charge in [-0.3, -0.25) is 19.2 Å². The van der Waals surface area contributed by atoms with Crippen molar-refractivity contribution < 1.29 is 24.3 Å². The fourth-order valence-corrected chi connectivity index (χ4v) is 2.34. The second kappa shape index (κ2) is 12.0. The Kier molecular flexibility index (Phi) is 11.3. The molecular weight excluding hydrogens is 356 g/mol. The summed E-state index contributed by atoms with van der Waals surface area (Å²) in [6.07, 6.45) is -1.08. The molecule has 138 valence electrons. The van der Waals surface area contributed by atoms with Crippen molar-refractivity contribution in [3.8, 4) is 0 Å². The minimum absolute atomic E-state index is 0.0219. The van der Waals surface area contributed by atoms with Gasteiger partial charge in [0, 0.05) is 38.7 Å². The molecule has 0 saturated carbocycles. The standard InChI is InChI=1S/C13H24N4O5S2/c1-14-10(19)8(5-23)12(21)16-3-7(18)4-17-13(22)9(6-24)11(20)15-2/h7-9,18,23-24H,3-6H2,1-2H3,(H,14,19)(H,15,20)(H,16,21)(H,17,22). The number of rotatable bonds is 10. The first-order chi connectivity index (χ1) is 11.3. The highest BCUT2D eigenvalue weighted by atomic mass is 32.1. The molecule has 0 aromatic carbocycles. The average Bonchev–Trinajstić information content (AvgIpc) is 2.58. The molecule has 0 aliphatic carbocycles. The number of carbonyl (C=O) groups excluding carboxylic acids is 4. The van der Waals surface area contributed by atoms with Crippen molar-refractivity contribution in [2.45, 2.75) is 6.10 Å². The molecule has 0 rings (SSSR count). The molecule has 9 nitrogen and oxygen atoms in total. The highest BCUT2D eigenvalue weighted by molar-refractivity contribution is 7.80. The highest BCUT2D eigenvalue weighted by Crippen LogP contribution is 2.01. The molecule has 2 unspecified atom stereocenters. The Balaban J connectivity index is 4.33. The lowest BCUT2D eigenvalue weighted by molar-refractivity contribution is -0.135. The molecule has 2 atom stereocenters. The molecule has 5 N–H and O–H groups in total. The monoisotopic (exact) mass is 380 g/mol. The van der Waals surface area contributed by atoms with Gasteiger partial charge >= 0.3 is 0 Å². The summed E-state index contributed by atoms with van der Waals surface area (Å²) in [6, 6.07) is 0. The molecule has 0 aromatic heterocycles. The Morgan fingerprint density at radius 1 is 0.792 bits per heavy atom. The van der Waals surface area contributed by atoms with Gasteiger partial charge in [0.25, 0.3) is 0 Å². The van der Waals surface area contributed by atoms with Crippen molar-refractivity contribution in [3.63, 3.8) is 0 Å². The molecule has 0 aliphatic rings. The van der Waals surface area contributed by atoms with Gasteiger partial charge in [0.15, 0.2) is 0 Å². The van der Waals surface area contributed by atoms with E-state index in [2.05, 4.69) is 46.5 Å². The van der Waals surface area contributed by atoms with Crippen molar-refractivity contribution in [2.24, 2.45) is 11.8 Å². The lowest BCUT2D eigenvalue weighted by atomic mass is 10.1. The lowest BCUT2D eigenvalue weighted by Gasteiger charge is -2.18. The van der Waals surface area contributed by atoms with E-state index in [1.807, 2.05) is 0 Å². The van der Waals surface area contributed by atoms with E-state index < -0.39 is 41.6 Å². The zero-order valence-electron chi connectivity index (χ0n) is 13.5. The van der Waals surface area contributed by atoms with Gasteiger partial charge in [-0.1, -0.05) is 0 Å². The number of amides is 4. The Morgan fingerprint density at radius 2 is 1.12 bits per heavy atom. The zero-order valence-corrected chi connectivity index (χ0v) is 15.3. The molecule has 24 heavy (non-hydrogen) atoms. The molecule has 0 radical (unpaired) electrons. The third kappa shape index (κ3) is 7.41. The topological polar surface area (TPSA) is 137 Å². The molecule has 0 bridgehead atoms. The number of aliphatic hydroxyl groups is 1. The van der Waals surface area contributed by atoms with E-state index >= 15 is 0 Å². The fourth-order valence-electron chi connectivity index (χ4n) is 1.67. The van der Waals surface area contributed by atoms with Gasteiger partial charge in [0.05, 0.1) is 6.10 Å². The molecule has 0 heterocycles. The normalized spacial score (nSPS) is 14.0. The Hall–Kier alpha value is -1.46. The third-order valence-corrected chi connectivity index (χ3v) is 3.88. The van der Waals surface area contributed by atoms with Crippen LogP contribution < -0.4 is 21.3 Å². The summed E-state index contributed by atoms with van der Waals surface area (Å²) in [5, 5.41) is 19.3. The van der Waals surface area contributed by atoms with Crippen LogP contribution in [0.2, 0.25) is 0 Å². The number of aliphatic hydroxyl groups excluding tert-OH is 1. The van der Waals surface area contributed by atoms with Crippen LogP contribution in [-0.2, 0) is 19.2 Å². The van der Waals surface area contributed by atoms with Crippen LogP contribution in [0.25, 0.3) is 0 Å². The molecular formula is C13H24N4O5S2. The van der Waals surface area contributed by atoms with Crippen LogP contribution in [0.15, 0.2) is 0 Å². The van der Waals surface area contributed by atoms with Crippen LogP contribution in [0.1, 0.15) is 0 Å². The third-order valence-electron chi connectivity index (χ3n) is 3.15. The molecule has 4 amide bonds. The summed E-state index contributed by atoms with van der Waals surface area (Å²) >= 11 is 7.87. The maximum atomic E-state index is 11.8. The zero-order chi connectivity index (χ0) is 18.7. The molecule has 0 aromatic rings. The Morgan fingerprint density at radius 3 is 1.38 bits per heavy atom. The van der Waals surface area contributed by atoms with Gasteiger partial charge in [0.2, 0.25) is 23.6 Å². The van der Waals surface area contributed by atoms with E-state index in [0.717, 1.165) is 0 Å². The minimum Gasteiger partial charge on any atom is -0.389 e.